The summed E-state index contributed by atoms with van der Waals surface area (Å²) in [4.78, 5) is 9.71. The normalized spacial score (nSPS) is 15.2. The lowest BCUT2D eigenvalue weighted by Gasteiger charge is -2.16. The molecule has 4 heterocycles. The van der Waals surface area contributed by atoms with Gasteiger partial charge in [-0.05, 0) is 48.8 Å². The van der Waals surface area contributed by atoms with Crippen molar-refractivity contribution in [2.75, 3.05) is 31.2 Å². The lowest BCUT2D eigenvalue weighted by atomic mass is 10.1. The van der Waals surface area contributed by atoms with E-state index in [1.165, 1.54) is 5.57 Å². The van der Waals surface area contributed by atoms with Crippen LogP contribution in [0.3, 0.4) is 0 Å². The van der Waals surface area contributed by atoms with Crippen molar-refractivity contribution in [1.29, 1.82) is 0 Å². The molecule has 0 saturated heterocycles. The predicted molar refractivity (Wildman–Crippen MR) is 141 cm³/mol. The maximum atomic E-state index is 4.99. The summed E-state index contributed by atoms with van der Waals surface area (Å²) in [6.07, 6.45) is 15.3. The highest BCUT2D eigenvalue weighted by molar-refractivity contribution is 8.02. The molecule has 0 spiro atoms. The SMILES string of the molecule is CCNS/C=C(C)/C=C(/Nc1nc(C2=CCCNC2)cn2c(-c3cnn(C)c3)cnc12)SC. The zero-order valence-corrected chi connectivity index (χ0v) is 21.1. The van der Waals surface area contributed by atoms with Crippen LogP contribution in [0.25, 0.3) is 22.5 Å². The molecule has 0 aliphatic carbocycles. The summed E-state index contributed by atoms with van der Waals surface area (Å²) in [6, 6.07) is 0. The highest BCUT2D eigenvalue weighted by Crippen LogP contribution is 2.28. The third kappa shape index (κ3) is 5.70. The molecule has 174 valence electrons. The fraction of sp³-hybridized carbons (Fsp3) is 0.348. The van der Waals surface area contributed by atoms with E-state index in [9.17, 15) is 0 Å². The van der Waals surface area contributed by atoms with Gasteiger partial charge in [-0.3, -0.25) is 13.8 Å². The van der Waals surface area contributed by atoms with E-state index >= 15 is 0 Å². The molecule has 0 radical (unpaired) electrons. The van der Waals surface area contributed by atoms with E-state index in [4.69, 9.17) is 9.97 Å². The number of anilines is 1. The highest BCUT2D eigenvalue weighted by Gasteiger charge is 2.17. The Bertz CT molecular complexity index is 1200. The van der Waals surface area contributed by atoms with Crippen molar-refractivity contribution in [1.82, 2.24) is 34.2 Å². The molecule has 1 aliphatic heterocycles. The summed E-state index contributed by atoms with van der Waals surface area (Å²) in [7, 11) is 1.92. The molecule has 0 aromatic carbocycles. The van der Waals surface area contributed by atoms with Gasteiger partial charge in [0.1, 0.15) is 0 Å². The van der Waals surface area contributed by atoms with Crippen LogP contribution in [0.5, 0.6) is 0 Å². The minimum atomic E-state index is 0.738. The van der Waals surface area contributed by atoms with Crippen LogP contribution >= 0.6 is 23.7 Å². The molecule has 3 N–H and O–H groups in total. The third-order valence-electron chi connectivity index (χ3n) is 5.14. The zero-order chi connectivity index (χ0) is 23.2. The van der Waals surface area contributed by atoms with Crippen molar-refractivity contribution in [2.45, 2.75) is 20.3 Å². The number of rotatable bonds is 9. The minimum absolute atomic E-state index is 0.738. The first-order valence-corrected chi connectivity index (χ1v) is 13.0. The molecule has 3 aromatic rings. The largest absolute Gasteiger partial charge is 0.332 e. The number of fused-ring (bicyclic) bond motifs is 1. The van der Waals surface area contributed by atoms with Gasteiger partial charge in [-0.2, -0.15) is 5.10 Å². The molecular weight excluding hydrogens is 452 g/mol. The Morgan fingerprint density at radius 3 is 2.88 bits per heavy atom. The maximum absolute atomic E-state index is 4.99. The predicted octanol–water partition coefficient (Wildman–Crippen LogP) is 4.28. The maximum Gasteiger partial charge on any atom is 0.180 e. The van der Waals surface area contributed by atoms with Crippen molar-refractivity contribution in [3.8, 4) is 11.3 Å². The second-order valence-corrected chi connectivity index (χ2v) is 9.33. The van der Waals surface area contributed by atoms with Crippen LogP contribution < -0.4 is 15.4 Å². The third-order valence-corrected chi connectivity index (χ3v) is 6.75. The molecule has 33 heavy (non-hydrogen) atoms. The van der Waals surface area contributed by atoms with Gasteiger partial charge in [0.25, 0.3) is 0 Å². The average molecular weight is 483 g/mol. The molecule has 3 aromatic heterocycles. The fourth-order valence-electron chi connectivity index (χ4n) is 3.55. The first-order chi connectivity index (χ1) is 16.1. The van der Waals surface area contributed by atoms with E-state index in [0.717, 1.165) is 65.1 Å². The van der Waals surface area contributed by atoms with E-state index in [1.807, 2.05) is 25.6 Å². The monoisotopic (exact) mass is 482 g/mol. The number of imidazole rings is 1. The summed E-state index contributed by atoms with van der Waals surface area (Å²) in [5.41, 5.74) is 6.08. The fourth-order valence-corrected chi connectivity index (χ4v) is 4.56. The molecular formula is C23H30N8S2. The van der Waals surface area contributed by atoms with Crippen molar-refractivity contribution in [3.63, 3.8) is 0 Å². The number of nitrogens with one attached hydrogen (secondary N) is 3. The Hall–Kier alpha value is -2.53. The van der Waals surface area contributed by atoms with Gasteiger partial charge in [-0.25, -0.2) is 9.97 Å². The number of thioether (sulfide) groups is 1. The lowest BCUT2D eigenvalue weighted by molar-refractivity contribution is 0.737. The highest BCUT2D eigenvalue weighted by atomic mass is 32.2. The number of nitrogens with zero attached hydrogens (tertiary/aromatic N) is 5. The number of aryl methyl sites for hydroxylation is 1. The molecule has 1 aliphatic rings. The Morgan fingerprint density at radius 2 is 2.18 bits per heavy atom. The Balaban J connectivity index is 1.76. The van der Waals surface area contributed by atoms with Gasteiger partial charge in [-0.1, -0.05) is 24.9 Å². The topological polar surface area (TPSA) is 84.1 Å². The minimum Gasteiger partial charge on any atom is -0.332 e. The number of aromatic nitrogens is 5. The Kier molecular flexibility index (Phi) is 7.92. The molecule has 0 saturated carbocycles. The van der Waals surface area contributed by atoms with E-state index in [0.29, 0.717) is 0 Å². The van der Waals surface area contributed by atoms with E-state index < -0.39 is 0 Å². The van der Waals surface area contributed by atoms with Gasteiger partial charge in [0.2, 0.25) is 0 Å². The standard InChI is InChI=1S/C23H30N8S2/c1-5-27-33-15-16(2)9-21(32-4)29-22-23-25-12-20(18-11-26-30(3)13-18)31(23)14-19(28-22)17-7-6-8-24-10-17/h7,9,11-15,24,27H,5-6,8,10H2,1-4H3,(H,28,29)/b16-15+,21-9-. The van der Waals surface area contributed by atoms with Crippen LogP contribution in [0.15, 0.2) is 52.9 Å². The molecule has 8 nitrogen and oxygen atoms in total. The van der Waals surface area contributed by atoms with E-state index in [2.05, 4.69) is 68.7 Å². The van der Waals surface area contributed by atoms with Gasteiger partial charge in [0.05, 0.1) is 28.8 Å². The molecule has 0 atom stereocenters. The molecule has 0 bridgehead atoms. The van der Waals surface area contributed by atoms with Gasteiger partial charge in [0, 0.05) is 38.1 Å². The van der Waals surface area contributed by atoms with Gasteiger partial charge < -0.3 is 10.6 Å². The van der Waals surface area contributed by atoms with Crippen LogP contribution in [-0.2, 0) is 7.05 Å². The lowest BCUT2D eigenvalue weighted by Crippen LogP contribution is -2.22. The second-order valence-electron chi connectivity index (χ2n) is 7.72. The van der Waals surface area contributed by atoms with E-state index in [1.54, 1.807) is 28.4 Å². The summed E-state index contributed by atoms with van der Waals surface area (Å²) in [6.45, 7) is 6.91. The quantitative estimate of drug-likeness (QED) is 0.237. The Labute approximate surface area is 203 Å². The van der Waals surface area contributed by atoms with Crippen molar-refractivity contribution in [2.24, 2.45) is 7.05 Å². The Morgan fingerprint density at radius 1 is 1.30 bits per heavy atom. The first kappa shape index (κ1) is 23.6. The summed E-state index contributed by atoms with van der Waals surface area (Å²) >= 11 is 3.25. The zero-order valence-electron chi connectivity index (χ0n) is 19.4. The van der Waals surface area contributed by atoms with Crippen molar-refractivity contribution < 1.29 is 0 Å². The smallest absolute Gasteiger partial charge is 0.180 e. The number of hydrogen-bond acceptors (Lipinski definition) is 8. The van der Waals surface area contributed by atoms with Gasteiger partial charge in [-0.15, -0.1) is 11.8 Å². The molecule has 10 heteroatoms. The number of hydrogen-bond donors (Lipinski definition) is 3. The van der Waals surface area contributed by atoms with Crippen LogP contribution in [0.2, 0.25) is 0 Å². The number of allylic oxidation sites excluding steroid dienone is 2. The van der Waals surface area contributed by atoms with E-state index in [-0.39, 0.29) is 0 Å². The summed E-state index contributed by atoms with van der Waals surface area (Å²) < 4.78 is 7.16. The van der Waals surface area contributed by atoms with Gasteiger partial charge in [0.15, 0.2) is 11.5 Å². The first-order valence-electron chi connectivity index (χ1n) is 10.9. The summed E-state index contributed by atoms with van der Waals surface area (Å²) in [5.74, 6) is 0.738. The summed E-state index contributed by atoms with van der Waals surface area (Å²) in [5, 5.41) is 14.4. The van der Waals surface area contributed by atoms with Crippen LogP contribution in [0.4, 0.5) is 5.82 Å². The van der Waals surface area contributed by atoms with Crippen LogP contribution in [0, 0.1) is 0 Å². The molecule has 0 amide bonds. The van der Waals surface area contributed by atoms with Crippen LogP contribution in [0.1, 0.15) is 26.0 Å². The van der Waals surface area contributed by atoms with Gasteiger partial charge >= 0.3 is 0 Å². The second kappa shape index (κ2) is 11.1. The van der Waals surface area contributed by atoms with Crippen LogP contribution in [-0.4, -0.2) is 50.0 Å². The molecule has 0 unspecified atom stereocenters. The average Bonchev–Trinajstić information content (AvgIpc) is 3.45. The van der Waals surface area contributed by atoms with Crippen molar-refractivity contribution >= 4 is 40.7 Å². The molecule has 4 rings (SSSR count). The molecule has 0 fully saturated rings. The van der Waals surface area contributed by atoms with Crippen molar-refractivity contribution in [3.05, 3.63) is 58.6 Å².